The van der Waals surface area contributed by atoms with Crippen molar-refractivity contribution in [2.45, 2.75) is 38.1 Å². The topological polar surface area (TPSA) is 50.9 Å². The Morgan fingerprint density at radius 1 is 1.00 bits per heavy atom. The van der Waals surface area contributed by atoms with E-state index in [0.717, 1.165) is 12.8 Å². The molecule has 3 nitrogen and oxygen atoms in total. The smallest absolute Gasteiger partial charge is 0.0291 e. The minimum Gasteiger partial charge on any atom is -0.271 e. The molecule has 1 heterocycles. The average molecular weight is 267 g/mol. The van der Waals surface area contributed by atoms with Crippen LogP contribution in [0.1, 0.15) is 28.7 Å². The van der Waals surface area contributed by atoms with Gasteiger partial charge in [0.25, 0.3) is 0 Å². The predicted octanol–water partition coefficient (Wildman–Crippen LogP) is 2.19. The number of fused-ring (bicyclic) bond motifs is 1. The molecule has 1 atom stereocenters. The Kier molecular flexibility index (Phi) is 4.09. The van der Waals surface area contributed by atoms with E-state index in [-0.39, 0.29) is 6.04 Å². The van der Waals surface area contributed by atoms with Crippen LogP contribution in [-0.2, 0) is 25.7 Å². The zero-order valence-corrected chi connectivity index (χ0v) is 11.7. The minimum atomic E-state index is 0.261. The number of aryl methyl sites for hydroxylation is 2. The average Bonchev–Trinajstić information content (AvgIpc) is 2.95. The van der Waals surface area contributed by atoms with Crippen LogP contribution in [0.4, 0.5) is 0 Å². The van der Waals surface area contributed by atoms with E-state index in [4.69, 9.17) is 5.84 Å². The largest absolute Gasteiger partial charge is 0.271 e. The molecule has 0 saturated heterocycles. The SMILES string of the molecule is NNC(Cc1ccncc1)Cc1ccc2c(c1)CCC2. The molecule has 20 heavy (non-hydrogen) atoms. The van der Waals surface area contributed by atoms with Crippen molar-refractivity contribution in [3.8, 4) is 0 Å². The fourth-order valence-corrected chi connectivity index (χ4v) is 3.03. The van der Waals surface area contributed by atoms with Crippen molar-refractivity contribution in [1.29, 1.82) is 0 Å². The molecule has 1 unspecified atom stereocenters. The molecule has 0 bridgehead atoms. The Balaban J connectivity index is 1.68. The van der Waals surface area contributed by atoms with Gasteiger partial charge >= 0.3 is 0 Å². The lowest BCUT2D eigenvalue weighted by molar-refractivity contribution is 0.522. The summed E-state index contributed by atoms with van der Waals surface area (Å²) in [7, 11) is 0. The Hall–Kier alpha value is -1.71. The third kappa shape index (κ3) is 3.06. The number of nitrogens with two attached hydrogens (primary N) is 1. The molecule has 0 saturated carbocycles. The number of nitrogens with zero attached hydrogens (tertiary/aromatic N) is 1. The van der Waals surface area contributed by atoms with Crippen molar-refractivity contribution in [2.75, 3.05) is 0 Å². The third-order valence-corrected chi connectivity index (χ3v) is 4.11. The van der Waals surface area contributed by atoms with Gasteiger partial charge in [0, 0.05) is 18.4 Å². The van der Waals surface area contributed by atoms with Gasteiger partial charge in [0.2, 0.25) is 0 Å². The van der Waals surface area contributed by atoms with Crippen molar-refractivity contribution >= 4 is 0 Å². The van der Waals surface area contributed by atoms with Gasteiger partial charge in [0.05, 0.1) is 0 Å². The molecule has 0 amide bonds. The summed E-state index contributed by atoms with van der Waals surface area (Å²) in [6, 6.07) is 11.3. The number of hydrazine groups is 1. The standard InChI is InChI=1S/C17H21N3/c18-20-17(11-13-6-8-19-9-7-13)12-14-4-5-15-2-1-3-16(15)10-14/h4-10,17,20H,1-3,11-12,18H2. The summed E-state index contributed by atoms with van der Waals surface area (Å²) >= 11 is 0. The van der Waals surface area contributed by atoms with E-state index in [9.17, 15) is 0 Å². The molecule has 2 aromatic rings. The summed E-state index contributed by atoms with van der Waals surface area (Å²) < 4.78 is 0. The van der Waals surface area contributed by atoms with E-state index in [1.807, 2.05) is 24.5 Å². The van der Waals surface area contributed by atoms with Gasteiger partial charge in [-0.2, -0.15) is 0 Å². The molecule has 0 spiro atoms. The fraction of sp³-hybridized carbons (Fsp3) is 0.353. The van der Waals surface area contributed by atoms with Gasteiger partial charge in [-0.05, 0) is 66.5 Å². The van der Waals surface area contributed by atoms with Gasteiger partial charge in [-0.15, -0.1) is 0 Å². The summed E-state index contributed by atoms with van der Waals surface area (Å²) in [6.45, 7) is 0. The second-order valence-electron chi connectivity index (χ2n) is 5.58. The van der Waals surface area contributed by atoms with Crippen LogP contribution in [-0.4, -0.2) is 11.0 Å². The number of pyridine rings is 1. The van der Waals surface area contributed by atoms with E-state index < -0.39 is 0 Å². The highest BCUT2D eigenvalue weighted by Crippen LogP contribution is 2.23. The maximum Gasteiger partial charge on any atom is 0.0291 e. The molecule has 1 aliphatic carbocycles. The van der Waals surface area contributed by atoms with Crippen LogP contribution in [0.5, 0.6) is 0 Å². The minimum absolute atomic E-state index is 0.261. The number of rotatable bonds is 5. The molecule has 3 rings (SSSR count). The maximum absolute atomic E-state index is 5.72. The summed E-state index contributed by atoms with van der Waals surface area (Å²) in [5.41, 5.74) is 8.65. The highest BCUT2D eigenvalue weighted by Gasteiger charge is 2.13. The molecule has 3 N–H and O–H groups in total. The number of hydrogen-bond donors (Lipinski definition) is 2. The molecular formula is C17H21N3. The normalized spacial score (nSPS) is 15.1. The van der Waals surface area contributed by atoms with Crippen LogP contribution < -0.4 is 11.3 Å². The van der Waals surface area contributed by atoms with Crippen molar-refractivity contribution in [3.05, 3.63) is 65.0 Å². The van der Waals surface area contributed by atoms with Crippen LogP contribution in [0.25, 0.3) is 0 Å². The summed E-state index contributed by atoms with van der Waals surface area (Å²) in [4.78, 5) is 4.05. The number of hydrogen-bond acceptors (Lipinski definition) is 3. The Morgan fingerprint density at radius 2 is 1.75 bits per heavy atom. The molecule has 3 heteroatoms. The molecule has 1 aromatic carbocycles. The van der Waals surface area contributed by atoms with Crippen molar-refractivity contribution in [2.24, 2.45) is 5.84 Å². The third-order valence-electron chi connectivity index (χ3n) is 4.11. The summed E-state index contributed by atoms with van der Waals surface area (Å²) in [6.07, 6.45) is 9.33. The van der Waals surface area contributed by atoms with E-state index in [0.29, 0.717) is 0 Å². The van der Waals surface area contributed by atoms with E-state index in [2.05, 4.69) is 28.6 Å². The molecule has 0 aliphatic heterocycles. The van der Waals surface area contributed by atoms with Crippen LogP contribution in [0.3, 0.4) is 0 Å². The van der Waals surface area contributed by atoms with Gasteiger partial charge in [0.1, 0.15) is 0 Å². The zero-order valence-electron chi connectivity index (χ0n) is 11.7. The Labute approximate surface area is 120 Å². The van der Waals surface area contributed by atoms with Crippen LogP contribution in [0.15, 0.2) is 42.7 Å². The highest BCUT2D eigenvalue weighted by molar-refractivity contribution is 5.35. The zero-order chi connectivity index (χ0) is 13.8. The molecule has 104 valence electrons. The van der Waals surface area contributed by atoms with E-state index >= 15 is 0 Å². The van der Waals surface area contributed by atoms with Crippen molar-refractivity contribution in [3.63, 3.8) is 0 Å². The summed E-state index contributed by atoms with van der Waals surface area (Å²) in [5, 5.41) is 0. The van der Waals surface area contributed by atoms with Crippen molar-refractivity contribution < 1.29 is 0 Å². The molecule has 0 fully saturated rings. The van der Waals surface area contributed by atoms with Crippen LogP contribution >= 0.6 is 0 Å². The number of aromatic nitrogens is 1. The van der Waals surface area contributed by atoms with Gasteiger partial charge in [0.15, 0.2) is 0 Å². The monoisotopic (exact) mass is 267 g/mol. The maximum atomic E-state index is 5.72. The molecular weight excluding hydrogens is 246 g/mol. The molecule has 1 aliphatic rings. The first-order chi connectivity index (χ1) is 9.85. The second kappa shape index (κ2) is 6.16. The quantitative estimate of drug-likeness (QED) is 0.645. The van der Waals surface area contributed by atoms with Crippen LogP contribution in [0.2, 0.25) is 0 Å². The number of nitrogens with one attached hydrogen (secondary N) is 1. The van der Waals surface area contributed by atoms with Gasteiger partial charge in [-0.1, -0.05) is 18.2 Å². The van der Waals surface area contributed by atoms with E-state index in [1.165, 1.54) is 41.5 Å². The van der Waals surface area contributed by atoms with Gasteiger partial charge in [-0.3, -0.25) is 16.3 Å². The lowest BCUT2D eigenvalue weighted by Crippen LogP contribution is -2.38. The van der Waals surface area contributed by atoms with Crippen molar-refractivity contribution in [1.82, 2.24) is 10.4 Å². The molecule has 0 radical (unpaired) electrons. The van der Waals surface area contributed by atoms with Gasteiger partial charge in [-0.25, -0.2) is 0 Å². The summed E-state index contributed by atoms with van der Waals surface area (Å²) in [5.74, 6) is 5.72. The lowest BCUT2D eigenvalue weighted by Gasteiger charge is -2.16. The lowest BCUT2D eigenvalue weighted by atomic mass is 9.97. The Bertz CT molecular complexity index is 566. The van der Waals surface area contributed by atoms with Gasteiger partial charge < -0.3 is 0 Å². The first-order valence-electron chi connectivity index (χ1n) is 7.31. The fourth-order valence-electron chi connectivity index (χ4n) is 3.03. The highest BCUT2D eigenvalue weighted by atomic mass is 15.2. The Morgan fingerprint density at radius 3 is 2.55 bits per heavy atom. The first kappa shape index (κ1) is 13.3. The van der Waals surface area contributed by atoms with Crippen LogP contribution in [0, 0.1) is 0 Å². The molecule has 1 aromatic heterocycles. The predicted molar refractivity (Wildman–Crippen MR) is 81.2 cm³/mol. The second-order valence-corrected chi connectivity index (χ2v) is 5.58. The van der Waals surface area contributed by atoms with E-state index in [1.54, 1.807) is 0 Å². The first-order valence-corrected chi connectivity index (χ1v) is 7.31. The number of benzene rings is 1.